The largest absolute Gasteiger partial charge is 0.399 e. The van der Waals surface area contributed by atoms with Crippen LogP contribution in [0.15, 0.2) is 84.9 Å². The summed E-state index contributed by atoms with van der Waals surface area (Å²) in [4.78, 5) is 0. The van der Waals surface area contributed by atoms with E-state index in [-0.39, 0.29) is 0 Å². The van der Waals surface area contributed by atoms with Crippen LogP contribution in [0, 0.1) is 23.3 Å². The molecule has 0 radical (unpaired) electrons. The molecule has 0 aliphatic heterocycles. The van der Waals surface area contributed by atoms with E-state index in [0.717, 1.165) is 33.2 Å². The lowest BCUT2D eigenvalue weighted by Crippen LogP contribution is -2.43. The highest BCUT2D eigenvalue weighted by atomic mass is 28.3. The van der Waals surface area contributed by atoms with E-state index in [0.29, 0.717) is 16.6 Å². The fraction of sp³-hybridized carbons (Fsp3) is 0.243. The van der Waals surface area contributed by atoms with Crippen LogP contribution in [0.25, 0.3) is 32.3 Å². The monoisotopic (exact) mass is 523 g/mol. The van der Waals surface area contributed by atoms with Crippen molar-refractivity contribution in [1.82, 2.24) is 0 Å². The summed E-state index contributed by atoms with van der Waals surface area (Å²) < 4.78 is 0. The number of hydrogen-bond acceptors (Lipinski definition) is 1. The molecule has 5 aromatic rings. The molecule has 0 unspecified atom stereocenters. The maximum absolute atomic E-state index is 5.91. The fourth-order valence-corrected chi connectivity index (χ4v) is 11.6. The van der Waals surface area contributed by atoms with Crippen molar-refractivity contribution < 1.29 is 0 Å². The van der Waals surface area contributed by atoms with Gasteiger partial charge in [0.25, 0.3) is 0 Å². The second-order valence-electron chi connectivity index (χ2n) is 11.6. The molecule has 2 heteroatoms. The van der Waals surface area contributed by atoms with E-state index >= 15 is 0 Å². The van der Waals surface area contributed by atoms with Gasteiger partial charge in [0.2, 0.25) is 0 Å². The Balaban J connectivity index is 1.88. The second kappa shape index (κ2) is 10.6. The molecule has 0 heterocycles. The lowest BCUT2D eigenvalue weighted by molar-refractivity contribution is 0.838. The lowest BCUT2D eigenvalue weighted by atomic mass is 9.90. The minimum Gasteiger partial charge on any atom is -0.399 e. The van der Waals surface area contributed by atoms with E-state index in [1.165, 1.54) is 21.5 Å². The van der Waals surface area contributed by atoms with Crippen molar-refractivity contribution in [3.8, 4) is 23.3 Å². The van der Waals surface area contributed by atoms with Gasteiger partial charge in [-0.2, -0.15) is 0 Å². The average molecular weight is 524 g/mol. The summed E-state index contributed by atoms with van der Waals surface area (Å²) in [6.45, 7) is 14.3. The molecule has 0 spiro atoms. The Bertz CT molecular complexity index is 1780. The van der Waals surface area contributed by atoms with Gasteiger partial charge in [0.1, 0.15) is 8.07 Å². The minimum atomic E-state index is -1.92. The van der Waals surface area contributed by atoms with Crippen molar-refractivity contribution in [3.63, 3.8) is 0 Å². The van der Waals surface area contributed by atoms with Crippen LogP contribution in [0.4, 0.5) is 5.69 Å². The fourth-order valence-electron chi connectivity index (χ4n) is 6.44. The summed E-state index contributed by atoms with van der Waals surface area (Å²) in [6.07, 6.45) is 0. The number of anilines is 1. The first-order valence-corrected chi connectivity index (χ1v) is 16.2. The van der Waals surface area contributed by atoms with Crippen LogP contribution in [0.3, 0.4) is 0 Å². The third-order valence-corrected chi connectivity index (χ3v) is 14.7. The molecular weight excluding hydrogens is 487 g/mol. The topological polar surface area (TPSA) is 26.0 Å². The summed E-state index contributed by atoms with van der Waals surface area (Å²) >= 11 is 0. The molecule has 5 rings (SSSR count). The zero-order valence-corrected chi connectivity index (χ0v) is 24.9. The predicted octanol–water partition coefficient (Wildman–Crippen LogP) is 9.70. The predicted molar refractivity (Wildman–Crippen MR) is 174 cm³/mol. The van der Waals surface area contributed by atoms with Gasteiger partial charge in [0.15, 0.2) is 0 Å². The maximum Gasteiger partial charge on any atom is 0.146 e. The molecule has 0 saturated heterocycles. The number of benzene rings is 5. The highest BCUT2D eigenvalue weighted by Gasteiger charge is 2.41. The zero-order valence-electron chi connectivity index (χ0n) is 23.9. The van der Waals surface area contributed by atoms with Crippen LogP contribution < -0.4 is 5.73 Å². The van der Waals surface area contributed by atoms with Crippen LogP contribution in [-0.4, -0.2) is 8.07 Å². The van der Waals surface area contributed by atoms with Crippen molar-refractivity contribution in [2.45, 2.75) is 58.2 Å². The van der Waals surface area contributed by atoms with Crippen molar-refractivity contribution in [2.24, 2.45) is 0 Å². The Hall–Kier alpha value is -3.98. The molecule has 0 saturated carbocycles. The first-order valence-electron chi connectivity index (χ1n) is 14.0. The molecule has 0 bridgehead atoms. The minimum absolute atomic E-state index is 0.577. The van der Waals surface area contributed by atoms with Gasteiger partial charge in [-0.3, -0.25) is 0 Å². The van der Waals surface area contributed by atoms with E-state index in [2.05, 4.69) is 126 Å². The molecule has 5 aromatic carbocycles. The Labute approximate surface area is 234 Å². The Morgan fingerprint density at radius 3 is 1.49 bits per heavy atom. The van der Waals surface area contributed by atoms with Crippen molar-refractivity contribution in [3.05, 3.63) is 102 Å². The molecule has 39 heavy (non-hydrogen) atoms. The van der Waals surface area contributed by atoms with Gasteiger partial charge in [0.05, 0.1) is 0 Å². The molecule has 1 nitrogen and oxygen atoms in total. The average Bonchev–Trinajstić information content (AvgIpc) is 2.91. The molecule has 0 atom stereocenters. The molecule has 0 amide bonds. The quantitative estimate of drug-likeness (QED) is 0.108. The van der Waals surface area contributed by atoms with Crippen molar-refractivity contribution in [1.29, 1.82) is 0 Å². The van der Waals surface area contributed by atoms with Crippen LogP contribution in [-0.2, 0) is 0 Å². The van der Waals surface area contributed by atoms with E-state index in [4.69, 9.17) is 5.73 Å². The molecule has 0 fully saturated rings. The molecular formula is C37H37NSi. The molecule has 0 aliphatic carbocycles. The van der Waals surface area contributed by atoms with Gasteiger partial charge in [-0.25, -0.2) is 0 Å². The number of hydrogen-bond donors (Lipinski definition) is 1. The third-order valence-electron chi connectivity index (χ3n) is 8.40. The second-order valence-corrected chi connectivity index (χ2v) is 17.1. The highest BCUT2D eigenvalue weighted by Crippen LogP contribution is 2.41. The first kappa shape index (κ1) is 26.6. The smallest absolute Gasteiger partial charge is 0.146 e. The maximum atomic E-state index is 5.91. The Morgan fingerprint density at radius 1 is 0.538 bits per heavy atom. The van der Waals surface area contributed by atoms with Gasteiger partial charge in [-0.1, -0.05) is 108 Å². The standard InChI is InChI=1S/C37H37NSi/c1-25(2)39(26(3)4,27(5)6)22-21-35-33-14-10-9-13-32(33)34(20-17-28-15-18-31(38)19-16-28)36-23-29-11-7-8-12-30(29)24-37(35)36/h7-16,18-19,23-27H,38H2,1-6H3. The molecule has 194 valence electrons. The van der Waals surface area contributed by atoms with E-state index < -0.39 is 8.07 Å². The molecule has 0 aliphatic rings. The van der Waals surface area contributed by atoms with Gasteiger partial charge in [0, 0.05) is 22.4 Å². The first-order chi connectivity index (χ1) is 18.7. The Kier molecular flexibility index (Phi) is 7.27. The Morgan fingerprint density at radius 2 is 1.00 bits per heavy atom. The number of rotatable bonds is 3. The van der Waals surface area contributed by atoms with Crippen molar-refractivity contribution in [2.75, 3.05) is 5.73 Å². The summed E-state index contributed by atoms with van der Waals surface area (Å²) in [5.74, 6) is 10.8. The summed E-state index contributed by atoms with van der Waals surface area (Å²) in [7, 11) is -1.92. The van der Waals surface area contributed by atoms with Gasteiger partial charge >= 0.3 is 0 Å². The number of nitrogens with two attached hydrogens (primary N) is 1. The zero-order chi connectivity index (χ0) is 27.7. The van der Waals surface area contributed by atoms with Crippen LogP contribution in [0.5, 0.6) is 0 Å². The van der Waals surface area contributed by atoms with Crippen molar-refractivity contribution >= 4 is 46.1 Å². The van der Waals surface area contributed by atoms with E-state index in [9.17, 15) is 0 Å². The van der Waals surface area contributed by atoms with E-state index in [1.807, 2.05) is 24.3 Å². The summed E-state index contributed by atoms with van der Waals surface area (Å²) in [5, 5.41) is 7.10. The van der Waals surface area contributed by atoms with Crippen LogP contribution in [0.2, 0.25) is 16.6 Å². The van der Waals surface area contributed by atoms with E-state index in [1.54, 1.807) is 0 Å². The normalized spacial score (nSPS) is 11.7. The SMILES string of the molecule is CC(C)[Si](C#Cc1c2ccccc2c(C#Cc2ccc(N)cc2)c2cc3ccccc3cc12)(C(C)C)C(C)C. The molecule has 0 aromatic heterocycles. The number of nitrogen functional groups attached to an aromatic ring is 1. The molecule has 2 N–H and O–H groups in total. The van der Waals surface area contributed by atoms with Crippen LogP contribution in [0.1, 0.15) is 58.2 Å². The van der Waals surface area contributed by atoms with Crippen LogP contribution >= 0.6 is 0 Å². The van der Waals surface area contributed by atoms with Gasteiger partial charge < -0.3 is 5.73 Å². The summed E-state index contributed by atoms with van der Waals surface area (Å²) in [5.41, 5.74) is 15.5. The number of fused-ring (bicyclic) bond motifs is 3. The highest BCUT2D eigenvalue weighted by molar-refractivity contribution is 6.90. The third kappa shape index (κ3) is 4.82. The summed E-state index contributed by atoms with van der Waals surface area (Å²) in [6, 6.07) is 29.6. The van der Waals surface area contributed by atoms with Gasteiger partial charge in [-0.15, -0.1) is 5.54 Å². The van der Waals surface area contributed by atoms with Gasteiger partial charge in [-0.05, 0) is 85.3 Å². The lowest BCUT2D eigenvalue weighted by Gasteiger charge is -2.38.